The van der Waals surface area contributed by atoms with Crippen molar-refractivity contribution in [1.29, 1.82) is 0 Å². The van der Waals surface area contributed by atoms with E-state index in [0.717, 1.165) is 38.2 Å². The maximum atomic E-state index is 11.7. The highest BCUT2D eigenvalue weighted by molar-refractivity contribution is 6.33. The van der Waals surface area contributed by atoms with Crippen LogP contribution in [0, 0.1) is 0 Å². The van der Waals surface area contributed by atoms with Crippen LogP contribution in [0.5, 0.6) is 0 Å². The van der Waals surface area contributed by atoms with Crippen LogP contribution in [0.2, 0.25) is 5.15 Å². The molecule has 3 N–H and O–H groups in total. The number of rotatable bonds is 3. The van der Waals surface area contributed by atoms with Gasteiger partial charge in [0.2, 0.25) is 0 Å². The molecule has 0 bridgehead atoms. The quantitative estimate of drug-likeness (QED) is 0.682. The van der Waals surface area contributed by atoms with Crippen molar-refractivity contribution < 1.29 is 19.8 Å². The fourth-order valence-corrected chi connectivity index (χ4v) is 4.74. The number of carbonyl (C=O) groups is 2. The standard InChI is InChI=1S/C20H20ClN3O4/c21-17-16(13(18(27)28)11-15(25)26)23-19-20(6-8-22-9-7-20)14-4-2-1-3-12(14)5-10-24(17)19/h1-4,11,22H,5-10H2,(H,25,26)(H,27,28)/b13-11-. The number of carboxylic acid groups (broad SMARTS) is 2. The van der Waals surface area contributed by atoms with Crippen molar-refractivity contribution in [1.82, 2.24) is 14.9 Å². The van der Waals surface area contributed by atoms with Crippen molar-refractivity contribution in [2.75, 3.05) is 13.1 Å². The molecule has 146 valence electrons. The van der Waals surface area contributed by atoms with Gasteiger partial charge in [0, 0.05) is 12.6 Å². The number of fused-ring (bicyclic) bond motifs is 4. The van der Waals surface area contributed by atoms with Gasteiger partial charge in [0.25, 0.3) is 0 Å². The first-order chi connectivity index (χ1) is 13.4. The summed E-state index contributed by atoms with van der Waals surface area (Å²) in [6.07, 6.45) is 3.02. The van der Waals surface area contributed by atoms with E-state index in [2.05, 4.69) is 22.4 Å². The number of aliphatic carboxylic acids is 2. The number of nitrogens with zero attached hydrogens (tertiary/aromatic N) is 2. The van der Waals surface area contributed by atoms with Crippen LogP contribution in [0.1, 0.15) is 35.5 Å². The van der Waals surface area contributed by atoms with E-state index >= 15 is 0 Å². The first-order valence-corrected chi connectivity index (χ1v) is 9.56. The Morgan fingerprint density at radius 2 is 1.93 bits per heavy atom. The lowest BCUT2D eigenvalue weighted by molar-refractivity contribution is -0.133. The molecule has 2 aliphatic heterocycles. The molecule has 0 aliphatic carbocycles. The van der Waals surface area contributed by atoms with Crippen LogP contribution in [0.3, 0.4) is 0 Å². The zero-order valence-corrected chi connectivity index (χ0v) is 15.9. The van der Waals surface area contributed by atoms with E-state index in [1.54, 1.807) is 0 Å². The van der Waals surface area contributed by atoms with Crippen molar-refractivity contribution in [2.24, 2.45) is 0 Å². The number of halogens is 1. The van der Waals surface area contributed by atoms with Gasteiger partial charge in [0.15, 0.2) is 0 Å². The SMILES string of the molecule is O=C(O)/C=C(\C(=O)O)c1nc2n(c1Cl)CCc1ccccc1C21CCNCC1. The molecule has 4 rings (SSSR count). The van der Waals surface area contributed by atoms with E-state index in [9.17, 15) is 14.7 Å². The molecule has 7 nitrogen and oxygen atoms in total. The molecular weight excluding hydrogens is 382 g/mol. The van der Waals surface area contributed by atoms with Crippen LogP contribution in [0.15, 0.2) is 30.3 Å². The Bertz CT molecular complexity index is 989. The van der Waals surface area contributed by atoms with Gasteiger partial charge in [-0.3, -0.25) is 0 Å². The molecule has 1 saturated heterocycles. The van der Waals surface area contributed by atoms with Gasteiger partial charge in [-0.25, -0.2) is 14.6 Å². The van der Waals surface area contributed by atoms with Gasteiger partial charge in [-0.15, -0.1) is 0 Å². The number of aryl methyl sites for hydroxylation is 1. The van der Waals surface area contributed by atoms with E-state index < -0.39 is 17.5 Å². The van der Waals surface area contributed by atoms with Crippen molar-refractivity contribution in [3.05, 3.63) is 58.1 Å². The van der Waals surface area contributed by atoms with Gasteiger partial charge in [0.1, 0.15) is 16.7 Å². The molecule has 1 fully saturated rings. The highest BCUT2D eigenvalue weighted by atomic mass is 35.5. The van der Waals surface area contributed by atoms with Crippen LogP contribution >= 0.6 is 11.6 Å². The fourth-order valence-electron chi connectivity index (χ4n) is 4.43. The first-order valence-electron chi connectivity index (χ1n) is 9.18. The molecule has 3 heterocycles. The highest BCUT2D eigenvalue weighted by Crippen LogP contribution is 2.45. The van der Waals surface area contributed by atoms with E-state index in [-0.39, 0.29) is 16.3 Å². The van der Waals surface area contributed by atoms with Gasteiger partial charge in [-0.2, -0.15) is 0 Å². The summed E-state index contributed by atoms with van der Waals surface area (Å²) in [6, 6.07) is 8.26. The summed E-state index contributed by atoms with van der Waals surface area (Å²) >= 11 is 6.57. The lowest BCUT2D eigenvalue weighted by Gasteiger charge is -2.37. The van der Waals surface area contributed by atoms with Crippen LogP contribution in [-0.2, 0) is 28.0 Å². The third-order valence-corrected chi connectivity index (χ3v) is 6.06. The van der Waals surface area contributed by atoms with E-state index in [1.807, 2.05) is 16.7 Å². The summed E-state index contributed by atoms with van der Waals surface area (Å²) in [4.78, 5) is 27.5. The van der Waals surface area contributed by atoms with Gasteiger partial charge in [0.05, 0.1) is 11.0 Å². The highest BCUT2D eigenvalue weighted by Gasteiger charge is 2.43. The van der Waals surface area contributed by atoms with Crippen LogP contribution in [-0.4, -0.2) is 44.8 Å². The van der Waals surface area contributed by atoms with Gasteiger partial charge < -0.3 is 20.1 Å². The van der Waals surface area contributed by atoms with E-state index in [1.165, 1.54) is 11.1 Å². The van der Waals surface area contributed by atoms with Crippen LogP contribution in [0.4, 0.5) is 0 Å². The Kier molecular flexibility index (Phi) is 4.72. The van der Waals surface area contributed by atoms with Crippen molar-refractivity contribution >= 4 is 29.1 Å². The maximum absolute atomic E-state index is 11.7. The summed E-state index contributed by atoms with van der Waals surface area (Å²) < 4.78 is 1.86. The van der Waals surface area contributed by atoms with E-state index in [0.29, 0.717) is 12.6 Å². The number of hydrogen-bond acceptors (Lipinski definition) is 4. The molecule has 0 unspecified atom stereocenters. The second kappa shape index (κ2) is 7.07. The molecular formula is C20H20ClN3O4. The summed E-state index contributed by atoms with van der Waals surface area (Å²) in [6.45, 7) is 2.18. The lowest BCUT2D eigenvalue weighted by Crippen LogP contribution is -2.42. The minimum atomic E-state index is -1.36. The molecule has 28 heavy (non-hydrogen) atoms. The fraction of sp³-hybridized carbons (Fsp3) is 0.350. The minimum Gasteiger partial charge on any atom is -0.478 e. The smallest absolute Gasteiger partial charge is 0.338 e. The van der Waals surface area contributed by atoms with Crippen molar-refractivity contribution in [3.63, 3.8) is 0 Å². The molecule has 1 aromatic carbocycles. The minimum absolute atomic E-state index is 0.0175. The second-order valence-electron chi connectivity index (χ2n) is 7.17. The van der Waals surface area contributed by atoms with Gasteiger partial charge in [-0.05, 0) is 43.5 Å². The summed E-state index contributed by atoms with van der Waals surface area (Å²) in [5, 5.41) is 22.2. The molecule has 0 atom stereocenters. The first kappa shape index (κ1) is 18.7. The van der Waals surface area contributed by atoms with Crippen LogP contribution in [0.25, 0.3) is 5.57 Å². The molecule has 0 amide bonds. The van der Waals surface area contributed by atoms with E-state index in [4.69, 9.17) is 16.7 Å². The van der Waals surface area contributed by atoms with Crippen LogP contribution < -0.4 is 5.32 Å². The van der Waals surface area contributed by atoms with Crippen molar-refractivity contribution in [3.8, 4) is 0 Å². The molecule has 0 radical (unpaired) electrons. The number of carboxylic acids is 2. The number of imidazole rings is 1. The number of piperidine rings is 1. The monoisotopic (exact) mass is 401 g/mol. The van der Waals surface area contributed by atoms with Gasteiger partial charge in [-0.1, -0.05) is 35.9 Å². The molecule has 0 saturated carbocycles. The Hall–Kier alpha value is -2.64. The van der Waals surface area contributed by atoms with Crippen molar-refractivity contribution in [2.45, 2.75) is 31.2 Å². The Balaban J connectivity index is 1.96. The Morgan fingerprint density at radius 3 is 2.61 bits per heavy atom. The average molecular weight is 402 g/mol. The number of hydrogen-bond donors (Lipinski definition) is 3. The third-order valence-electron chi connectivity index (χ3n) is 5.68. The summed E-state index contributed by atoms with van der Waals surface area (Å²) in [5.41, 5.74) is 1.67. The summed E-state index contributed by atoms with van der Waals surface area (Å²) in [7, 11) is 0. The second-order valence-corrected chi connectivity index (χ2v) is 7.53. The number of benzene rings is 1. The molecule has 2 aliphatic rings. The average Bonchev–Trinajstić information content (AvgIpc) is 2.95. The predicted molar refractivity (Wildman–Crippen MR) is 104 cm³/mol. The lowest BCUT2D eigenvalue weighted by atomic mass is 9.71. The molecule has 1 spiro atoms. The predicted octanol–water partition coefficient (Wildman–Crippen LogP) is 2.31. The largest absolute Gasteiger partial charge is 0.478 e. The molecule has 1 aromatic heterocycles. The normalized spacial score (nSPS) is 18.2. The third kappa shape index (κ3) is 2.91. The topological polar surface area (TPSA) is 104 Å². The molecule has 2 aromatic rings. The Morgan fingerprint density at radius 1 is 1.21 bits per heavy atom. The Labute approximate surface area is 166 Å². The van der Waals surface area contributed by atoms with Gasteiger partial charge >= 0.3 is 11.9 Å². The number of aromatic nitrogens is 2. The zero-order valence-electron chi connectivity index (χ0n) is 15.1. The zero-order chi connectivity index (χ0) is 19.9. The maximum Gasteiger partial charge on any atom is 0.338 e. The summed E-state index contributed by atoms with van der Waals surface area (Å²) in [5.74, 6) is -1.99. The number of nitrogens with one attached hydrogen (secondary N) is 1. The molecule has 8 heteroatoms.